The van der Waals surface area contributed by atoms with Crippen molar-refractivity contribution in [2.24, 2.45) is 0 Å². The van der Waals surface area contributed by atoms with Crippen molar-refractivity contribution in [3.8, 4) is 0 Å². The SMILES string of the molecule is O=S(=O)(Cc1ccc(F)c(Cl)c1)N1CCN(CCO)CC1. The van der Waals surface area contributed by atoms with Crippen molar-refractivity contribution in [1.82, 2.24) is 9.21 Å². The molecule has 1 heterocycles. The molecule has 0 radical (unpaired) electrons. The molecule has 1 aliphatic heterocycles. The largest absolute Gasteiger partial charge is 0.395 e. The lowest BCUT2D eigenvalue weighted by molar-refractivity contribution is 0.151. The van der Waals surface area contributed by atoms with E-state index in [1.54, 1.807) is 0 Å². The van der Waals surface area contributed by atoms with Crippen molar-refractivity contribution in [3.05, 3.63) is 34.6 Å². The first-order valence-electron chi connectivity index (χ1n) is 6.67. The van der Waals surface area contributed by atoms with E-state index in [1.807, 2.05) is 4.90 Å². The van der Waals surface area contributed by atoms with Crippen LogP contribution in [0, 0.1) is 5.82 Å². The summed E-state index contributed by atoms with van der Waals surface area (Å²) in [5.41, 5.74) is 0.471. The van der Waals surface area contributed by atoms with Gasteiger partial charge in [-0.25, -0.2) is 12.8 Å². The molecule has 1 aliphatic rings. The maximum absolute atomic E-state index is 13.1. The molecule has 1 aromatic rings. The van der Waals surface area contributed by atoms with Crippen molar-refractivity contribution in [2.45, 2.75) is 5.75 Å². The molecule has 0 amide bonds. The third-order valence-corrected chi connectivity index (χ3v) is 5.61. The molecule has 21 heavy (non-hydrogen) atoms. The van der Waals surface area contributed by atoms with Crippen LogP contribution < -0.4 is 0 Å². The number of halogens is 2. The molecule has 0 unspecified atom stereocenters. The topological polar surface area (TPSA) is 60.9 Å². The lowest BCUT2D eigenvalue weighted by Crippen LogP contribution is -2.49. The maximum Gasteiger partial charge on any atom is 0.218 e. The predicted octanol–water partition coefficient (Wildman–Crippen LogP) is 0.919. The molecule has 0 aromatic heterocycles. The van der Waals surface area contributed by atoms with Crippen molar-refractivity contribution in [3.63, 3.8) is 0 Å². The van der Waals surface area contributed by atoms with Gasteiger partial charge in [0.25, 0.3) is 0 Å². The minimum Gasteiger partial charge on any atom is -0.395 e. The number of hydrogen-bond donors (Lipinski definition) is 1. The highest BCUT2D eigenvalue weighted by Gasteiger charge is 2.27. The number of rotatable bonds is 5. The molecule has 1 fully saturated rings. The number of piperazine rings is 1. The molecule has 1 N–H and O–H groups in total. The number of aliphatic hydroxyl groups is 1. The summed E-state index contributed by atoms with van der Waals surface area (Å²) >= 11 is 5.67. The Balaban J connectivity index is 2.00. The van der Waals surface area contributed by atoms with Crippen LogP contribution >= 0.6 is 11.6 Å². The number of hydrogen-bond acceptors (Lipinski definition) is 4. The molecular formula is C13H18ClFN2O3S. The van der Waals surface area contributed by atoms with Crippen LogP contribution in [0.25, 0.3) is 0 Å². The van der Waals surface area contributed by atoms with Gasteiger partial charge in [0, 0.05) is 32.7 Å². The Morgan fingerprint density at radius 1 is 1.24 bits per heavy atom. The number of benzene rings is 1. The van der Waals surface area contributed by atoms with E-state index in [4.69, 9.17) is 16.7 Å². The zero-order chi connectivity index (χ0) is 15.5. The van der Waals surface area contributed by atoms with Gasteiger partial charge in [0.05, 0.1) is 17.4 Å². The quantitative estimate of drug-likeness (QED) is 0.868. The second kappa shape index (κ2) is 7.02. The molecule has 1 saturated heterocycles. The average molecular weight is 337 g/mol. The first-order chi connectivity index (χ1) is 9.92. The van der Waals surface area contributed by atoms with Gasteiger partial charge >= 0.3 is 0 Å². The number of nitrogens with zero attached hydrogens (tertiary/aromatic N) is 2. The Morgan fingerprint density at radius 3 is 2.48 bits per heavy atom. The minimum absolute atomic E-state index is 0.0703. The molecule has 0 aliphatic carbocycles. The van der Waals surface area contributed by atoms with Gasteiger partial charge in [0.1, 0.15) is 5.82 Å². The van der Waals surface area contributed by atoms with E-state index in [-0.39, 0.29) is 17.4 Å². The number of aliphatic hydroxyl groups excluding tert-OH is 1. The zero-order valence-corrected chi connectivity index (χ0v) is 13.1. The van der Waals surface area contributed by atoms with E-state index in [9.17, 15) is 12.8 Å². The Bertz CT molecular complexity index is 589. The molecule has 0 saturated carbocycles. The summed E-state index contributed by atoms with van der Waals surface area (Å²) in [4.78, 5) is 2.01. The monoisotopic (exact) mass is 336 g/mol. The molecule has 0 bridgehead atoms. The lowest BCUT2D eigenvalue weighted by atomic mass is 10.2. The third kappa shape index (κ3) is 4.37. The predicted molar refractivity (Wildman–Crippen MR) is 79.1 cm³/mol. The molecule has 0 atom stereocenters. The van der Waals surface area contributed by atoms with E-state index in [0.29, 0.717) is 38.3 Å². The van der Waals surface area contributed by atoms with Crippen LogP contribution in [-0.2, 0) is 15.8 Å². The van der Waals surface area contributed by atoms with Gasteiger partial charge < -0.3 is 5.11 Å². The number of sulfonamides is 1. The second-order valence-corrected chi connectivity index (χ2v) is 7.35. The standard InChI is InChI=1S/C13H18ClFN2O3S/c14-12-9-11(1-2-13(12)15)10-21(19,20)17-5-3-16(4-6-17)7-8-18/h1-2,9,18H,3-8,10H2. The van der Waals surface area contributed by atoms with Gasteiger partial charge in [0.15, 0.2) is 0 Å². The van der Waals surface area contributed by atoms with E-state index in [0.717, 1.165) is 0 Å². The van der Waals surface area contributed by atoms with Gasteiger partial charge in [-0.1, -0.05) is 17.7 Å². The molecule has 5 nitrogen and oxygen atoms in total. The maximum atomic E-state index is 13.1. The summed E-state index contributed by atoms with van der Waals surface area (Å²) in [6, 6.07) is 3.95. The van der Waals surface area contributed by atoms with E-state index >= 15 is 0 Å². The molecule has 2 rings (SSSR count). The molecule has 118 valence electrons. The molecule has 8 heteroatoms. The Hall–Kier alpha value is -0.730. The summed E-state index contributed by atoms with van der Waals surface area (Å²) in [5.74, 6) is -0.747. The van der Waals surface area contributed by atoms with Crippen LogP contribution in [0.15, 0.2) is 18.2 Å². The third-order valence-electron chi connectivity index (χ3n) is 3.47. The fourth-order valence-corrected chi connectivity index (χ4v) is 4.01. The highest BCUT2D eigenvalue weighted by Crippen LogP contribution is 2.19. The summed E-state index contributed by atoms with van der Waals surface area (Å²) in [7, 11) is -3.44. The molecule has 0 spiro atoms. The first-order valence-corrected chi connectivity index (χ1v) is 8.66. The van der Waals surface area contributed by atoms with Crippen LogP contribution in [0.1, 0.15) is 5.56 Å². The van der Waals surface area contributed by atoms with E-state index in [1.165, 1.54) is 22.5 Å². The van der Waals surface area contributed by atoms with Crippen LogP contribution in [0.5, 0.6) is 0 Å². The molecular weight excluding hydrogens is 319 g/mol. The minimum atomic E-state index is -3.44. The summed E-state index contributed by atoms with van der Waals surface area (Å²) in [6.45, 7) is 2.63. The fraction of sp³-hybridized carbons (Fsp3) is 0.538. The smallest absolute Gasteiger partial charge is 0.218 e. The lowest BCUT2D eigenvalue weighted by Gasteiger charge is -2.33. The Kier molecular flexibility index (Phi) is 5.56. The number of β-amino-alcohol motifs (C(OH)–C–C–N with tert-alkyl or cyclic N) is 1. The summed E-state index contributed by atoms with van der Waals surface area (Å²) in [6.07, 6.45) is 0. The van der Waals surface area contributed by atoms with E-state index in [2.05, 4.69) is 0 Å². The van der Waals surface area contributed by atoms with Gasteiger partial charge in [-0.15, -0.1) is 0 Å². The van der Waals surface area contributed by atoms with Crippen LogP contribution in [-0.4, -0.2) is 62.1 Å². The van der Waals surface area contributed by atoms with Crippen LogP contribution in [0.3, 0.4) is 0 Å². The van der Waals surface area contributed by atoms with Gasteiger partial charge in [-0.05, 0) is 17.7 Å². The van der Waals surface area contributed by atoms with Crippen molar-refractivity contribution >= 4 is 21.6 Å². The first kappa shape index (κ1) is 16.6. The second-order valence-electron chi connectivity index (χ2n) is 4.97. The molecule has 1 aromatic carbocycles. The van der Waals surface area contributed by atoms with Crippen molar-refractivity contribution < 1.29 is 17.9 Å². The average Bonchev–Trinajstić information content (AvgIpc) is 2.44. The van der Waals surface area contributed by atoms with Crippen LogP contribution in [0.4, 0.5) is 4.39 Å². The Labute approximate surface area is 129 Å². The highest BCUT2D eigenvalue weighted by atomic mass is 35.5. The van der Waals surface area contributed by atoms with Crippen molar-refractivity contribution in [2.75, 3.05) is 39.3 Å². The van der Waals surface area contributed by atoms with Gasteiger partial charge in [-0.2, -0.15) is 4.31 Å². The Morgan fingerprint density at radius 2 is 1.90 bits per heavy atom. The van der Waals surface area contributed by atoms with Gasteiger partial charge in [-0.3, -0.25) is 4.90 Å². The van der Waals surface area contributed by atoms with Gasteiger partial charge in [0.2, 0.25) is 10.0 Å². The van der Waals surface area contributed by atoms with Crippen LogP contribution in [0.2, 0.25) is 5.02 Å². The zero-order valence-electron chi connectivity index (χ0n) is 11.5. The summed E-state index contributed by atoms with van der Waals surface area (Å²) in [5, 5.41) is 8.80. The van der Waals surface area contributed by atoms with Crippen molar-refractivity contribution in [1.29, 1.82) is 0 Å². The normalized spacial score (nSPS) is 18.0. The van der Waals surface area contributed by atoms with E-state index < -0.39 is 15.8 Å². The summed E-state index contributed by atoms with van der Waals surface area (Å²) < 4.78 is 39.2. The highest BCUT2D eigenvalue weighted by molar-refractivity contribution is 7.88. The fourth-order valence-electron chi connectivity index (χ4n) is 2.30.